The molecule has 1 amide bonds. The fourth-order valence-electron chi connectivity index (χ4n) is 1.96. The van der Waals surface area contributed by atoms with Crippen molar-refractivity contribution in [2.75, 3.05) is 6.61 Å². The molecule has 2 aromatic rings. The summed E-state index contributed by atoms with van der Waals surface area (Å²) >= 11 is 6.86. The molecule has 0 spiro atoms. The molecule has 1 N–H and O–H groups in total. The molecule has 2 aromatic carbocycles. The third kappa shape index (κ3) is 6.48. The summed E-state index contributed by atoms with van der Waals surface area (Å²) in [6.07, 6.45) is 3.77. The SMILES string of the molecule is CC(/C=C/c1ccccc1)=N/NC(=O)COc1c(Br)cc(C)cc1Br. The van der Waals surface area contributed by atoms with Crippen LogP contribution in [0, 0.1) is 6.92 Å². The highest BCUT2D eigenvalue weighted by Gasteiger charge is 2.10. The maximum Gasteiger partial charge on any atom is 0.277 e. The first kappa shape index (κ1) is 19.4. The normalized spacial score (nSPS) is 11.6. The summed E-state index contributed by atoms with van der Waals surface area (Å²) in [5, 5.41) is 4.04. The van der Waals surface area contributed by atoms with Crippen molar-refractivity contribution in [3.63, 3.8) is 0 Å². The van der Waals surface area contributed by atoms with E-state index in [1.165, 1.54) is 0 Å². The second kappa shape index (κ2) is 9.53. The number of hydrogen-bond acceptors (Lipinski definition) is 3. The predicted molar refractivity (Wildman–Crippen MR) is 109 cm³/mol. The van der Waals surface area contributed by atoms with Crippen LogP contribution < -0.4 is 10.2 Å². The van der Waals surface area contributed by atoms with Gasteiger partial charge in [0.1, 0.15) is 5.75 Å². The predicted octanol–water partition coefficient (Wildman–Crippen LogP) is 5.10. The highest BCUT2D eigenvalue weighted by molar-refractivity contribution is 9.11. The molecule has 4 nitrogen and oxygen atoms in total. The first-order valence-electron chi connectivity index (χ1n) is 7.60. The van der Waals surface area contributed by atoms with Crippen LogP contribution in [0.25, 0.3) is 6.08 Å². The molecule has 0 radical (unpaired) electrons. The van der Waals surface area contributed by atoms with Crippen LogP contribution in [-0.2, 0) is 4.79 Å². The van der Waals surface area contributed by atoms with Gasteiger partial charge in [-0.25, -0.2) is 5.43 Å². The minimum Gasteiger partial charge on any atom is -0.481 e. The van der Waals surface area contributed by atoms with Crippen LogP contribution in [0.5, 0.6) is 5.75 Å². The average Bonchev–Trinajstić information content (AvgIpc) is 2.58. The van der Waals surface area contributed by atoms with Crippen molar-refractivity contribution in [1.82, 2.24) is 5.43 Å². The molecule has 0 aliphatic heterocycles. The molecular formula is C19H18Br2N2O2. The van der Waals surface area contributed by atoms with Crippen LogP contribution in [0.1, 0.15) is 18.1 Å². The lowest BCUT2D eigenvalue weighted by Crippen LogP contribution is -2.25. The van der Waals surface area contributed by atoms with Gasteiger partial charge in [-0.05, 0) is 75.0 Å². The number of carbonyl (C=O) groups is 1. The van der Waals surface area contributed by atoms with Crippen LogP contribution in [0.15, 0.2) is 62.6 Å². The van der Waals surface area contributed by atoms with E-state index in [1.807, 2.05) is 68.5 Å². The fraction of sp³-hybridized carbons (Fsp3) is 0.158. The molecule has 0 aliphatic rings. The molecule has 0 heterocycles. The molecule has 130 valence electrons. The minimum atomic E-state index is -0.327. The average molecular weight is 466 g/mol. The number of carbonyl (C=O) groups excluding carboxylic acids is 1. The number of rotatable bonds is 6. The summed E-state index contributed by atoms with van der Waals surface area (Å²) in [5.41, 5.74) is 5.33. The molecule has 0 saturated carbocycles. The van der Waals surface area contributed by atoms with Crippen molar-refractivity contribution in [3.8, 4) is 5.75 Å². The summed E-state index contributed by atoms with van der Waals surface area (Å²) in [6, 6.07) is 13.7. The smallest absolute Gasteiger partial charge is 0.277 e. The Hall–Kier alpha value is -1.92. The van der Waals surface area contributed by atoms with Gasteiger partial charge in [0, 0.05) is 0 Å². The lowest BCUT2D eigenvalue weighted by Gasteiger charge is -2.10. The number of ether oxygens (including phenoxy) is 1. The molecule has 6 heteroatoms. The molecule has 0 aliphatic carbocycles. The van der Waals surface area contributed by atoms with Gasteiger partial charge in [0.25, 0.3) is 5.91 Å². The highest BCUT2D eigenvalue weighted by atomic mass is 79.9. The van der Waals surface area contributed by atoms with Gasteiger partial charge in [0.15, 0.2) is 6.61 Å². The summed E-state index contributed by atoms with van der Waals surface area (Å²) in [7, 11) is 0. The first-order chi connectivity index (χ1) is 12.0. The molecule has 25 heavy (non-hydrogen) atoms. The van der Waals surface area contributed by atoms with Gasteiger partial charge in [-0.3, -0.25) is 4.79 Å². The van der Waals surface area contributed by atoms with Crippen LogP contribution in [0.4, 0.5) is 0 Å². The number of hydrogen-bond donors (Lipinski definition) is 1. The van der Waals surface area contributed by atoms with Gasteiger partial charge >= 0.3 is 0 Å². The van der Waals surface area contributed by atoms with Gasteiger partial charge in [-0.1, -0.05) is 36.4 Å². The van der Waals surface area contributed by atoms with Gasteiger partial charge in [-0.2, -0.15) is 5.10 Å². The third-order valence-electron chi connectivity index (χ3n) is 3.16. The van der Waals surface area contributed by atoms with Crippen molar-refractivity contribution in [2.45, 2.75) is 13.8 Å². The quantitative estimate of drug-likeness (QED) is 0.476. The largest absolute Gasteiger partial charge is 0.481 e. The second-order valence-electron chi connectivity index (χ2n) is 5.38. The monoisotopic (exact) mass is 464 g/mol. The Kier molecular flexibility index (Phi) is 7.40. The van der Waals surface area contributed by atoms with Gasteiger partial charge in [-0.15, -0.1) is 0 Å². The van der Waals surface area contributed by atoms with Crippen molar-refractivity contribution >= 4 is 49.6 Å². The number of hydrazone groups is 1. The van der Waals surface area contributed by atoms with Crippen LogP contribution in [0.2, 0.25) is 0 Å². The lowest BCUT2D eigenvalue weighted by atomic mass is 10.2. The minimum absolute atomic E-state index is 0.126. The zero-order valence-electron chi connectivity index (χ0n) is 13.9. The maximum absolute atomic E-state index is 11.9. The van der Waals surface area contributed by atoms with Gasteiger partial charge in [0.2, 0.25) is 0 Å². The number of nitrogens with one attached hydrogen (secondary N) is 1. The Morgan fingerprint density at radius 1 is 1.20 bits per heavy atom. The second-order valence-corrected chi connectivity index (χ2v) is 7.09. The number of amides is 1. The summed E-state index contributed by atoms with van der Waals surface area (Å²) < 4.78 is 7.13. The van der Waals surface area contributed by atoms with Gasteiger partial charge < -0.3 is 4.74 Å². The van der Waals surface area contributed by atoms with E-state index in [-0.39, 0.29) is 12.5 Å². The Morgan fingerprint density at radius 2 is 1.84 bits per heavy atom. The molecule has 0 saturated heterocycles. The summed E-state index contributed by atoms with van der Waals surface area (Å²) in [5.74, 6) is 0.261. The molecular weight excluding hydrogens is 448 g/mol. The molecule has 2 rings (SSSR count). The molecule has 0 fully saturated rings. The zero-order chi connectivity index (χ0) is 18.2. The van der Waals surface area contributed by atoms with Gasteiger partial charge in [0.05, 0.1) is 14.7 Å². The van der Waals surface area contributed by atoms with E-state index < -0.39 is 0 Å². The molecule has 0 aromatic heterocycles. The van der Waals surface area contributed by atoms with E-state index in [4.69, 9.17) is 4.74 Å². The van der Waals surface area contributed by atoms with Crippen molar-refractivity contribution in [3.05, 3.63) is 68.6 Å². The van der Waals surface area contributed by atoms with E-state index >= 15 is 0 Å². The molecule has 0 unspecified atom stereocenters. The standard InChI is InChI=1S/C19H18Br2N2O2/c1-13-10-16(20)19(17(21)11-13)25-12-18(24)23-22-14(2)8-9-15-6-4-3-5-7-15/h3-11H,12H2,1-2H3,(H,23,24)/b9-8+,22-14-. The maximum atomic E-state index is 11.9. The van der Waals surface area contributed by atoms with Crippen molar-refractivity contribution < 1.29 is 9.53 Å². The fourth-order valence-corrected chi connectivity index (χ4v) is 3.61. The van der Waals surface area contributed by atoms with Crippen LogP contribution in [-0.4, -0.2) is 18.2 Å². The Bertz CT molecular complexity index is 779. The Balaban J connectivity index is 1.87. The van der Waals surface area contributed by atoms with Crippen molar-refractivity contribution in [2.24, 2.45) is 5.10 Å². The number of benzene rings is 2. The van der Waals surface area contributed by atoms with Crippen LogP contribution >= 0.6 is 31.9 Å². The molecule has 0 atom stereocenters. The van der Waals surface area contributed by atoms with Crippen molar-refractivity contribution in [1.29, 1.82) is 0 Å². The Labute approximate surface area is 164 Å². The first-order valence-corrected chi connectivity index (χ1v) is 9.19. The summed E-state index contributed by atoms with van der Waals surface area (Å²) in [6.45, 7) is 3.67. The zero-order valence-corrected chi connectivity index (χ0v) is 17.1. The van der Waals surface area contributed by atoms with E-state index in [0.29, 0.717) is 11.5 Å². The lowest BCUT2D eigenvalue weighted by molar-refractivity contribution is -0.123. The van der Waals surface area contributed by atoms with E-state index in [1.54, 1.807) is 0 Å². The Morgan fingerprint density at radius 3 is 2.48 bits per heavy atom. The molecule has 0 bridgehead atoms. The highest BCUT2D eigenvalue weighted by Crippen LogP contribution is 2.34. The van der Waals surface area contributed by atoms with E-state index in [2.05, 4.69) is 42.4 Å². The van der Waals surface area contributed by atoms with Crippen LogP contribution in [0.3, 0.4) is 0 Å². The van der Waals surface area contributed by atoms with E-state index in [0.717, 1.165) is 20.1 Å². The third-order valence-corrected chi connectivity index (χ3v) is 4.34. The topological polar surface area (TPSA) is 50.7 Å². The number of nitrogens with zero attached hydrogens (tertiary/aromatic N) is 1. The number of halogens is 2. The number of allylic oxidation sites excluding steroid dienone is 1. The summed E-state index contributed by atoms with van der Waals surface area (Å²) in [4.78, 5) is 11.9. The van der Waals surface area contributed by atoms with E-state index in [9.17, 15) is 4.79 Å². The number of aryl methyl sites for hydroxylation is 1.